The lowest BCUT2D eigenvalue weighted by Gasteiger charge is -2.38. The van der Waals surface area contributed by atoms with Crippen LogP contribution in [0.15, 0.2) is 48.5 Å². The third-order valence-electron chi connectivity index (χ3n) is 4.92. The third kappa shape index (κ3) is 3.55. The van der Waals surface area contributed by atoms with Crippen LogP contribution in [-0.2, 0) is 0 Å². The van der Waals surface area contributed by atoms with E-state index in [1.807, 2.05) is 18.2 Å². The second kappa shape index (κ2) is 6.67. The molecule has 0 radical (unpaired) electrons. The fraction of sp³-hybridized carbons (Fsp3) is 0.350. The number of anilines is 3. The number of hydrogen-bond acceptors (Lipinski definition) is 4. The Bertz CT molecular complexity index is 750. The number of carbonyl (C=O) groups is 1. The maximum Gasteiger partial charge on any atom is 0.253 e. The summed E-state index contributed by atoms with van der Waals surface area (Å²) in [4.78, 5) is 17.3. The van der Waals surface area contributed by atoms with Crippen molar-refractivity contribution in [3.8, 4) is 0 Å². The number of nitrogens with two attached hydrogens (primary N) is 1. The minimum atomic E-state index is -0.00436. The molecule has 1 heterocycles. The van der Waals surface area contributed by atoms with Gasteiger partial charge in [0.2, 0.25) is 0 Å². The summed E-state index contributed by atoms with van der Waals surface area (Å²) >= 11 is 0. The van der Waals surface area contributed by atoms with E-state index in [-0.39, 0.29) is 5.91 Å². The molecule has 4 rings (SSSR count). The highest BCUT2D eigenvalue weighted by molar-refractivity contribution is 6.01. The molecule has 1 aliphatic carbocycles. The van der Waals surface area contributed by atoms with Crippen molar-refractivity contribution in [2.45, 2.75) is 18.9 Å². The van der Waals surface area contributed by atoms with Crippen molar-refractivity contribution in [1.82, 2.24) is 5.32 Å². The van der Waals surface area contributed by atoms with E-state index >= 15 is 0 Å². The van der Waals surface area contributed by atoms with Gasteiger partial charge in [0.05, 0.1) is 5.56 Å². The molecular formula is C20H24N4O. The molecule has 1 saturated carbocycles. The van der Waals surface area contributed by atoms with Crippen LogP contribution in [0.2, 0.25) is 0 Å². The Morgan fingerprint density at radius 2 is 1.64 bits per heavy atom. The maximum atomic E-state index is 12.6. The van der Waals surface area contributed by atoms with E-state index in [1.54, 1.807) is 6.07 Å². The Morgan fingerprint density at radius 3 is 2.32 bits per heavy atom. The van der Waals surface area contributed by atoms with Crippen LogP contribution in [0.5, 0.6) is 0 Å². The maximum absolute atomic E-state index is 12.6. The molecular weight excluding hydrogens is 312 g/mol. The zero-order valence-corrected chi connectivity index (χ0v) is 14.3. The zero-order chi connectivity index (χ0) is 17.2. The van der Waals surface area contributed by atoms with Crippen LogP contribution in [0.25, 0.3) is 0 Å². The van der Waals surface area contributed by atoms with Gasteiger partial charge in [0.15, 0.2) is 0 Å². The van der Waals surface area contributed by atoms with Crippen molar-refractivity contribution in [3.63, 3.8) is 0 Å². The Hall–Kier alpha value is -2.69. The monoisotopic (exact) mass is 336 g/mol. The molecule has 2 fully saturated rings. The van der Waals surface area contributed by atoms with E-state index in [9.17, 15) is 4.79 Å². The van der Waals surface area contributed by atoms with Gasteiger partial charge in [0.1, 0.15) is 0 Å². The first-order valence-electron chi connectivity index (χ1n) is 8.96. The van der Waals surface area contributed by atoms with E-state index in [0.29, 0.717) is 17.3 Å². The van der Waals surface area contributed by atoms with Crippen LogP contribution in [0, 0.1) is 0 Å². The van der Waals surface area contributed by atoms with Gasteiger partial charge in [-0.3, -0.25) is 4.79 Å². The number of nitrogen functional groups attached to an aromatic ring is 1. The van der Waals surface area contributed by atoms with Crippen LogP contribution in [0.3, 0.4) is 0 Å². The van der Waals surface area contributed by atoms with Gasteiger partial charge in [-0.25, -0.2) is 0 Å². The lowest BCUT2D eigenvalue weighted by Crippen LogP contribution is -2.47. The second-order valence-electron chi connectivity index (χ2n) is 6.83. The molecule has 130 valence electrons. The smallest absolute Gasteiger partial charge is 0.253 e. The van der Waals surface area contributed by atoms with Gasteiger partial charge in [-0.2, -0.15) is 0 Å². The molecule has 2 aromatic carbocycles. The molecule has 5 nitrogen and oxygen atoms in total. The molecule has 5 heteroatoms. The number of nitrogens with one attached hydrogen (secondary N) is 1. The van der Waals surface area contributed by atoms with E-state index < -0.39 is 0 Å². The number of benzene rings is 2. The SMILES string of the molecule is Nc1ccc(N2CCN(c3ccccc3)CC2)c(C(=O)NC2CC2)c1. The predicted octanol–water partition coefficient (Wildman–Crippen LogP) is 2.49. The third-order valence-corrected chi connectivity index (χ3v) is 4.92. The molecule has 2 aliphatic rings. The standard InChI is InChI=1S/C20H24N4O/c21-15-6-9-19(18(14-15)20(25)22-16-7-8-16)24-12-10-23(11-13-24)17-4-2-1-3-5-17/h1-6,9,14,16H,7-8,10-13,21H2,(H,22,25). The average molecular weight is 336 g/mol. The topological polar surface area (TPSA) is 61.6 Å². The number of piperazine rings is 1. The summed E-state index contributed by atoms with van der Waals surface area (Å²) in [5.74, 6) is -0.00436. The van der Waals surface area contributed by atoms with Gasteiger partial charge >= 0.3 is 0 Å². The molecule has 2 aromatic rings. The Kier molecular flexibility index (Phi) is 4.22. The number of para-hydroxylation sites is 1. The minimum absolute atomic E-state index is 0.00436. The summed E-state index contributed by atoms with van der Waals surface area (Å²) < 4.78 is 0. The molecule has 0 spiro atoms. The fourth-order valence-corrected chi connectivity index (χ4v) is 3.35. The van der Waals surface area contributed by atoms with Crippen molar-refractivity contribution >= 4 is 23.0 Å². The van der Waals surface area contributed by atoms with Crippen molar-refractivity contribution in [2.75, 3.05) is 41.7 Å². The van der Waals surface area contributed by atoms with Gasteiger partial charge in [0, 0.05) is 49.3 Å². The first kappa shape index (κ1) is 15.8. The molecule has 3 N–H and O–H groups in total. The lowest BCUT2D eigenvalue weighted by molar-refractivity contribution is 0.0951. The largest absolute Gasteiger partial charge is 0.399 e. The van der Waals surface area contributed by atoms with Crippen molar-refractivity contribution in [1.29, 1.82) is 0 Å². The van der Waals surface area contributed by atoms with Gasteiger partial charge in [-0.05, 0) is 43.2 Å². The molecule has 0 atom stereocenters. The molecule has 0 aromatic heterocycles. The van der Waals surface area contributed by atoms with Crippen molar-refractivity contribution < 1.29 is 4.79 Å². The van der Waals surface area contributed by atoms with Gasteiger partial charge in [-0.15, -0.1) is 0 Å². The number of carbonyl (C=O) groups excluding carboxylic acids is 1. The lowest BCUT2D eigenvalue weighted by atomic mass is 10.1. The normalized spacial score (nSPS) is 17.4. The number of hydrogen-bond donors (Lipinski definition) is 2. The van der Waals surface area contributed by atoms with Crippen LogP contribution in [0.4, 0.5) is 17.1 Å². The quantitative estimate of drug-likeness (QED) is 0.842. The van der Waals surface area contributed by atoms with E-state index in [4.69, 9.17) is 5.73 Å². The average Bonchev–Trinajstić information content (AvgIpc) is 3.46. The van der Waals surface area contributed by atoms with E-state index in [1.165, 1.54) is 5.69 Å². The highest BCUT2D eigenvalue weighted by Crippen LogP contribution is 2.27. The first-order chi connectivity index (χ1) is 12.2. The Balaban J connectivity index is 1.49. The summed E-state index contributed by atoms with van der Waals surface area (Å²) in [6, 6.07) is 16.5. The molecule has 0 unspecified atom stereocenters. The summed E-state index contributed by atoms with van der Waals surface area (Å²) in [5.41, 5.74) is 9.50. The van der Waals surface area contributed by atoms with Crippen LogP contribution in [0.1, 0.15) is 23.2 Å². The van der Waals surface area contributed by atoms with Gasteiger partial charge < -0.3 is 20.9 Å². The fourth-order valence-electron chi connectivity index (χ4n) is 3.35. The molecule has 1 saturated heterocycles. The predicted molar refractivity (Wildman–Crippen MR) is 102 cm³/mol. The van der Waals surface area contributed by atoms with Crippen molar-refractivity contribution in [3.05, 3.63) is 54.1 Å². The zero-order valence-electron chi connectivity index (χ0n) is 14.3. The number of amides is 1. The minimum Gasteiger partial charge on any atom is -0.399 e. The van der Waals surface area contributed by atoms with E-state index in [2.05, 4.69) is 39.4 Å². The number of nitrogens with zero attached hydrogens (tertiary/aromatic N) is 2. The van der Waals surface area contributed by atoms with Crippen LogP contribution >= 0.6 is 0 Å². The highest BCUT2D eigenvalue weighted by atomic mass is 16.1. The summed E-state index contributed by atoms with van der Waals surface area (Å²) in [6.45, 7) is 3.67. The Labute approximate surface area is 148 Å². The molecule has 1 aliphatic heterocycles. The van der Waals surface area contributed by atoms with Gasteiger partial charge in [0.25, 0.3) is 5.91 Å². The highest BCUT2D eigenvalue weighted by Gasteiger charge is 2.27. The molecule has 25 heavy (non-hydrogen) atoms. The molecule has 0 bridgehead atoms. The number of rotatable bonds is 4. The van der Waals surface area contributed by atoms with Gasteiger partial charge in [-0.1, -0.05) is 18.2 Å². The van der Waals surface area contributed by atoms with E-state index in [0.717, 1.165) is 44.7 Å². The van der Waals surface area contributed by atoms with Crippen molar-refractivity contribution in [2.24, 2.45) is 0 Å². The van der Waals surface area contributed by atoms with Crippen LogP contribution < -0.4 is 20.9 Å². The van der Waals surface area contributed by atoms with Crippen LogP contribution in [-0.4, -0.2) is 38.1 Å². The first-order valence-corrected chi connectivity index (χ1v) is 8.96. The molecule has 1 amide bonds. The second-order valence-corrected chi connectivity index (χ2v) is 6.83. The summed E-state index contributed by atoms with van der Waals surface area (Å²) in [7, 11) is 0. The Morgan fingerprint density at radius 1 is 0.960 bits per heavy atom. The summed E-state index contributed by atoms with van der Waals surface area (Å²) in [6.07, 6.45) is 2.16. The summed E-state index contributed by atoms with van der Waals surface area (Å²) in [5, 5.41) is 3.08.